The summed E-state index contributed by atoms with van der Waals surface area (Å²) in [7, 11) is 0. The fourth-order valence-electron chi connectivity index (χ4n) is 10.3. The van der Waals surface area contributed by atoms with Crippen molar-refractivity contribution in [1.82, 2.24) is 14.5 Å². The van der Waals surface area contributed by atoms with Gasteiger partial charge >= 0.3 is 0 Å². The van der Waals surface area contributed by atoms with E-state index in [4.69, 9.17) is 9.97 Å². The van der Waals surface area contributed by atoms with Gasteiger partial charge in [0.2, 0.25) is 0 Å². The van der Waals surface area contributed by atoms with E-state index in [0.717, 1.165) is 66.9 Å². The van der Waals surface area contributed by atoms with Gasteiger partial charge < -0.3 is 5.11 Å². The Morgan fingerprint density at radius 3 is 1.58 bits per heavy atom. The smallest absolute Gasteiger partial charge is 0.149 e. The van der Waals surface area contributed by atoms with Crippen LogP contribution in [0.2, 0.25) is 0 Å². The van der Waals surface area contributed by atoms with Gasteiger partial charge in [-0.2, -0.15) is 0 Å². The number of nitrogens with zero attached hydrogens (tertiary/aromatic N) is 3. The Balaban J connectivity index is 1.19. The molecular formula is C67H63N3O. The number of fused-ring (bicyclic) bond motifs is 1. The van der Waals surface area contributed by atoms with Gasteiger partial charge in [-0.15, -0.1) is 0 Å². The van der Waals surface area contributed by atoms with E-state index in [1.54, 1.807) is 0 Å². The zero-order valence-electron chi connectivity index (χ0n) is 42.5. The number of pyridine rings is 1. The molecule has 0 fully saturated rings. The Morgan fingerprint density at radius 2 is 0.972 bits per heavy atom. The Labute approximate surface area is 420 Å². The summed E-state index contributed by atoms with van der Waals surface area (Å²) < 4.78 is 2.35. The van der Waals surface area contributed by atoms with E-state index in [-0.39, 0.29) is 28.4 Å². The molecule has 1 N–H and O–H groups in total. The van der Waals surface area contributed by atoms with Crippen molar-refractivity contribution in [2.24, 2.45) is 0 Å². The molecule has 0 saturated heterocycles. The average Bonchev–Trinajstić information content (AvgIpc) is 3.78. The Kier molecular flexibility index (Phi) is 12.4. The molecule has 8 aromatic carbocycles. The third-order valence-electron chi connectivity index (χ3n) is 14.4. The number of benzene rings is 8. The minimum Gasteiger partial charge on any atom is -0.507 e. The lowest BCUT2D eigenvalue weighted by atomic mass is 9.78. The van der Waals surface area contributed by atoms with Gasteiger partial charge in [0, 0.05) is 22.7 Å². The van der Waals surface area contributed by atoms with Crippen LogP contribution in [0.4, 0.5) is 0 Å². The standard InChI is InChI=1S/C67H63N3O/c1-43(2)57-40-50(46-23-15-11-16-24-46)41-58(44(3)4)63(57)70-61-30-20-27-55(62(61)69-65(70)56-28-19-29-59(64(56)71)66(5,6)7)51-37-49(45-21-13-10-14-22-45)38-52(39-51)60-42-48(35-36-68-60)47-31-33-54(34-32-47)67(8,9)53-25-17-12-18-26-53/h10-44,71H,1-9H3. The summed E-state index contributed by atoms with van der Waals surface area (Å²) in [6.07, 6.45) is 1.93. The van der Waals surface area contributed by atoms with Crippen molar-refractivity contribution >= 4 is 11.0 Å². The van der Waals surface area contributed by atoms with Crippen molar-refractivity contribution in [2.75, 3.05) is 0 Å². The third-order valence-corrected chi connectivity index (χ3v) is 14.4. The highest BCUT2D eigenvalue weighted by Crippen LogP contribution is 2.46. The first-order valence-electron chi connectivity index (χ1n) is 25.1. The van der Waals surface area contributed by atoms with Crippen LogP contribution in [0.3, 0.4) is 0 Å². The van der Waals surface area contributed by atoms with Crippen LogP contribution >= 0.6 is 0 Å². The summed E-state index contributed by atoms with van der Waals surface area (Å²) in [5.41, 5.74) is 19.9. The fraction of sp³-hybridized carbons (Fsp3) is 0.194. The van der Waals surface area contributed by atoms with Crippen molar-refractivity contribution in [3.63, 3.8) is 0 Å². The summed E-state index contributed by atoms with van der Waals surface area (Å²) in [5.74, 6) is 1.33. The lowest BCUT2D eigenvalue weighted by molar-refractivity contribution is 0.448. The number of phenolic OH excluding ortho intramolecular Hbond substituents is 1. The van der Waals surface area contributed by atoms with Crippen molar-refractivity contribution in [1.29, 1.82) is 0 Å². The predicted octanol–water partition coefficient (Wildman–Crippen LogP) is 18.0. The van der Waals surface area contributed by atoms with Gasteiger partial charge in [-0.3, -0.25) is 9.55 Å². The molecular weight excluding hydrogens is 863 g/mol. The minimum atomic E-state index is -0.298. The molecule has 71 heavy (non-hydrogen) atoms. The van der Waals surface area contributed by atoms with E-state index < -0.39 is 0 Å². The first-order chi connectivity index (χ1) is 34.2. The zero-order chi connectivity index (χ0) is 49.6. The highest BCUT2D eigenvalue weighted by Gasteiger charge is 2.29. The van der Waals surface area contributed by atoms with Gasteiger partial charge in [0.1, 0.15) is 11.6 Å². The molecule has 2 aromatic heterocycles. The number of rotatable bonds is 11. The molecule has 0 aliphatic heterocycles. The van der Waals surface area contributed by atoms with Gasteiger partial charge in [-0.25, -0.2) is 4.98 Å². The first kappa shape index (κ1) is 46.9. The van der Waals surface area contributed by atoms with Gasteiger partial charge in [0.05, 0.1) is 28.0 Å². The quantitative estimate of drug-likeness (QED) is 0.141. The van der Waals surface area contributed by atoms with Crippen LogP contribution in [0.5, 0.6) is 5.75 Å². The van der Waals surface area contributed by atoms with Gasteiger partial charge in [-0.05, 0) is 139 Å². The number of phenols is 1. The van der Waals surface area contributed by atoms with Gasteiger partial charge in [-0.1, -0.05) is 202 Å². The van der Waals surface area contributed by atoms with E-state index >= 15 is 0 Å². The molecule has 4 nitrogen and oxygen atoms in total. The number of hydrogen-bond acceptors (Lipinski definition) is 3. The van der Waals surface area contributed by atoms with Crippen LogP contribution in [0.1, 0.15) is 102 Å². The number of aromatic nitrogens is 3. The molecule has 352 valence electrons. The highest BCUT2D eigenvalue weighted by atomic mass is 16.3. The molecule has 2 heterocycles. The molecule has 0 spiro atoms. The number of para-hydroxylation sites is 2. The second-order valence-electron chi connectivity index (χ2n) is 21.2. The third kappa shape index (κ3) is 9.00. The van der Waals surface area contributed by atoms with Gasteiger partial charge in [0.25, 0.3) is 0 Å². The van der Waals surface area contributed by atoms with Crippen LogP contribution in [0.15, 0.2) is 200 Å². The van der Waals surface area contributed by atoms with Crippen LogP contribution in [-0.2, 0) is 10.8 Å². The van der Waals surface area contributed by atoms with E-state index in [1.165, 1.54) is 33.4 Å². The normalized spacial score (nSPS) is 12.0. The van der Waals surface area contributed by atoms with Crippen molar-refractivity contribution < 1.29 is 5.11 Å². The highest BCUT2D eigenvalue weighted by molar-refractivity contribution is 5.98. The molecule has 0 atom stereocenters. The molecule has 0 amide bonds. The first-order valence-corrected chi connectivity index (χ1v) is 25.1. The maximum Gasteiger partial charge on any atom is 0.149 e. The average molecular weight is 926 g/mol. The van der Waals surface area contributed by atoms with Gasteiger partial charge in [0.15, 0.2) is 0 Å². The Bertz CT molecular complexity index is 3490. The Hall–Kier alpha value is -7.82. The molecule has 4 heteroatoms. The fourth-order valence-corrected chi connectivity index (χ4v) is 10.3. The lowest BCUT2D eigenvalue weighted by Crippen LogP contribution is -2.18. The molecule has 0 bridgehead atoms. The largest absolute Gasteiger partial charge is 0.507 e. The monoisotopic (exact) mass is 925 g/mol. The number of hydrogen-bond donors (Lipinski definition) is 1. The van der Waals surface area contributed by atoms with Crippen molar-refractivity contribution in [2.45, 2.75) is 85.0 Å². The zero-order valence-corrected chi connectivity index (χ0v) is 42.5. The van der Waals surface area contributed by atoms with Crippen LogP contribution in [-0.4, -0.2) is 19.6 Å². The van der Waals surface area contributed by atoms with E-state index in [2.05, 4.69) is 249 Å². The molecule has 0 unspecified atom stereocenters. The Morgan fingerprint density at radius 1 is 0.451 bits per heavy atom. The maximum atomic E-state index is 12.4. The second-order valence-corrected chi connectivity index (χ2v) is 21.2. The summed E-state index contributed by atoms with van der Waals surface area (Å²) in [5, 5.41) is 12.4. The van der Waals surface area contributed by atoms with Crippen LogP contribution < -0.4 is 0 Å². The van der Waals surface area contributed by atoms with E-state index in [1.807, 2.05) is 18.3 Å². The SMILES string of the molecule is CC(C)c1cc(-c2ccccc2)cc(C(C)C)c1-n1c(-c2cccc(C(C)(C)C)c2O)nc2c(-c3cc(-c4ccccc4)cc(-c4cc(-c5ccc(C(C)(C)c6ccccc6)cc5)ccn4)c3)cccc21. The second kappa shape index (κ2) is 18.8. The summed E-state index contributed by atoms with van der Waals surface area (Å²) >= 11 is 0. The molecule has 0 saturated carbocycles. The van der Waals surface area contributed by atoms with Crippen molar-refractivity contribution in [3.05, 3.63) is 228 Å². The van der Waals surface area contributed by atoms with E-state index in [0.29, 0.717) is 11.4 Å². The summed E-state index contributed by atoms with van der Waals surface area (Å²) in [6.45, 7) is 20.1. The molecule has 0 aliphatic rings. The molecule has 0 radical (unpaired) electrons. The topological polar surface area (TPSA) is 50.9 Å². The summed E-state index contributed by atoms with van der Waals surface area (Å²) in [4.78, 5) is 10.7. The van der Waals surface area contributed by atoms with E-state index in [9.17, 15) is 5.11 Å². The molecule has 0 aliphatic carbocycles. The maximum absolute atomic E-state index is 12.4. The minimum absolute atomic E-state index is 0.131. The lowest BCUT2D eigenvalue weighted by Gasteiger charge is -2.26. The van der Waals surface area contributed by atoms with Crippen LogP contribution in [0, 0.1) is 0 Å². The molecule has 10 aromatic rings. The summed E-state index contributed by atoms with van der Waals surface area (Å²) in [6, 6.07) is 69.5. The van der Waals surface area contributed by atoms with Crippen molar-refractivity contribution in [3.8, 4) is 78.6 Å². The number of imidazole rings is 1. The predicted molar refractivity (Wildman–Crippen MR) is 299 cm³/mol. The number of aromatic hydroxyl groups is 1. The molecule has 10 rings (SSSR count). The van der Waals surface area contributed by atoms with Crippen LogP contribution in [0.25, 0.3) is 83.9 Å².